The van der Waals surface area contributed by atoms with Crippen LogP contribution in [0.15, 0.2) is 36.0 Å². The van der Waals surface area contributed by atoms with E-state index in [1.54, 1.807) is 6.08 Å². The summed E-state index contributed by atoms with van der Waals surface area (Å²) in [4.78, 5) is 21.0. The lowest BCUT2D eigenvalue weighted by Crippen LogP contribution is -2.14. The third kappa shape index (κ3) is 7.07. The third-order valence-electron chi connectivity index (χ3n) is 3.85. The molecular formula is C18H26O3. The Hall–Kier alpha value is -1.64. The third-order valence-corrected chi connectivity index (χ3v) is 3.85. The molecule has 1 N–H and O–H groups in total. The molecule has 0 radical (unpaired) electrons. The summed E-state index contributed by atoms with van der Waals surface area (Å²) in [6, 6.07) is 0. The van der Waals surface area contributed by atoms with Gasteiger partial charge < -0.3 is 5.11 Å². The van der Waals surface area contributed by atoms with Crippen LogP contribution in [0.25, 0.3) is 0 Å². The summed E-state index contributed by atoms with van der Waals surface area (Å²) in [6.07, 6.45) is 12.6. The van der Waals surface area contributed by atoms with Crippen LogP contribution in [0.2, 0.25) is 0 Å². The van der Waals surface area contributed by atoms with Crippen LogP contribution in [0, 0.1) is 10.8 Å². The number of hydrogen-bond acceptors (Lipinski definition) is 2. The highest BCUT2D eigenvalue weighted by Gasteiger charge is 2.19. The summed E-state index contributed by atoms with van der Waals surface area (Å²) in [5.41, 5.74) is 1.41. The van der Waals surface area contributed by atoms with Crippen molar-refractivity contribution in [2.75, 3.05) is 0 Å². The number of ketones is 1. The first-order valence-electron chi connectivity index (χ1n) is 7.44. The van der Waals surface area contributed by atoms with Gasteiger partial charge in [0.25, 0.3) is 0 Å². The molecular weight excluding hydrogens is 264 g/mol. The van der Waals surface area contributed by atoms with Gasteiger partial charge >= 0.3 is 5.97 Å². The second-order valence-corrected chi connectivity index (χ2v) is 7.17. The molecule has 3 heteroatoms. The van der Waals surface area contributed by atoms with E-state index in [4.69, 9.17) is 5.11 Å². The summed E-state index contributed by atoms with van der Waals surface area (Å²) < 4.78 is 0. The summed E-state index contributed by atoms with van der Waals surface area (Å²) in [5, 5.41) is 8.49. The Morgan fingerprint density at radius 1 is 1.05 bits per heavy atom. The van der Waals surface area contributed by atoms with E-state index in [-0.39, 0.29) is 16.6 Å². The van der Waals surface area contributed by atoms with Gasteiger partial charge in [-0.15, -0.1) is 0 Å². The Bertz CT molecular complexity index is 491. The fraction of sp³-hybridized carbons (Fsp3) is 0.556. The number of carboxylic acid groups (broad SMARTS) is 1. The van der Waals surface area contributed by atoms with Crippen LogP contribution in [0.3, 0.4) is 0 Å². The van der Waals surface area contributed by atoms with E-state index < -0.39 is 5.97 Å². The maximum Gasteiger partial charge on any atom is 0.328 e. The molecule has 2 rings (SSSR count). The minimum Gasteiger partial charge on any atom is -0.478 e. The molecule has 0 spiro atoms. The maximum absolute atomic E-state index is 10.7. The monoisotopic (exact) mass is 290 g/mol. The molecule has 0 atom stereocenters. The minimum absolute atomic E-state index is 0.232. The molecule has 0 aromatic carbocycles. The van der Waals surface area contributed by atoms with E-state index in [0.717, 1.165) is 31.3 Å². The van der Waals surface area contributed by atoms with Gasteiger partial charge in [0.1, 0.15) is 0 Å². The van der Waals surface area contributed by atoms with Gasteiger partial charge in [-0.25, -0.2) is 4.79 Å². The Labute approximate surface area is 127 Å². The molecule has 0 saturated carbocycles. The number of allylic oxidation sites excluding steroid dienone is 5. The summed E-state index contributed by atoms with van der Waals surface area (Å²) in [5.74, 6) is -0.580. The Morgan fingerprint density at radius 3 is 1.90 bits per heavy atom. The van der Waals surface area contributed by atoms with Crippen molar-refractivity contribution in [2.24, 2.45) is 10.8 Å². The molecule has 21 heavy (non-hydrogen) atoms. The molecule has 0 heterocycles. The van der Waals surface area contributed by atoms with Crippen molar-refractivity contribution in [3.8, 4) is 0 Å². The highest BCUT2D eigenvalue weighted by molar-refractivity contribution is 5.90. The van der Waals surface area contributed by atoms with Crippen LogP contribution < -0.4 is 0 Å². The first-order chi connectivity index (χ1) is 9.60. The summed E-state index contributed by atoms with van der Waals surface area (Å²) >= 11 is 0. The van der Waals surface area contributed by atoms with Crippen molar-refractivity contribution in [1.29, 1.82) is 0 Å². The summed E-state index contributed by atoms with van der Waals surface area (Å²) in [6.45, 7) is 8.61. The molecule has 0 fully saturated rings. The van der Waals surface area contributed by atoms with Crippen molar-refractivity contribution >= 4 is 11.8 Å². The quantitative estimate of drug-likeness (QED) is 0.732. The second kappa shape index (κ2) is 6.88. The molecule has 0 aromatic rings. The van der Waals surface area contributed by atoms with Gasteiger partial charge in [-0.05, 0) is 41.7 Å². The normalized spacial score (nSPS) is 24.4. The maximum atomic E-state index is 10.7. The van der Waals surface area contributed by atoms with Crippen LogP contribution in [0.4, 0.5) is 0 Å². The zero-order valence-corrected chi connectivity index (χ0v) is 13.5. The van der Waals surface area contributed by atoms with Gasteiger partial charge in [0.2, 0.25) is 0 Å². The number of rotatable bonds is 1. The fourth-order valence-corrected chi connectivity index (χ4v) is 2.18. The van der Waals surface area contributed by atoms with E-state index in [1.807, 2.05) is 12.2 Å². The van der Waals surface area contributed by atoms with Crippen molar-refractivity contribution in [3.05, 3.63) is 36.0 Å². The lowest BCUT2D eigenvalue weighted by molar-refractivity contribution is -0.131. The molecule has 3 nitrogen and oxygen atoms in total. The zero-order valence-electron chi connectivity index (χ0n) is 13.5. The molecule has 0 aliphatic heterocycles. The number of aliphatic carboxylic acids is 1. The first kappa shape index (κ1) is 17.4. The predicted octanol–water partition coefficient (Wildman–Crippen LogP) is 4.31. The predicted molar refractivity (Wildman–Crippen MR) is 85.0 cm³/mol. The lowest BCUT2D eigenvalue weighted by Gasteiger charge is -2.24. The second-order valence-electron chi connectivity index (χ2n) is 7.17. The van der Waals surface area contributed by atoms with Crippen LogP contribution in [-0.2, 0) is 9.59 Å². The van der Waals surface area contributed by atoms with Gasteiger partial charge in [-0.1, -0.05) is 45.9 Å². The zero-order chi connectivity index (χ0) is 16.1. The van der Waals surface area contributed by atoms with Crippen LogP contribution >= 0.6 is 0 Å². The molecule has 0 unspecified atom stereocenters. The molecule has 116 valence electrons. The van der Waals surface area contributed by atoms with Gasteiger partial charge in [0.15, 0.2) is 5.78 Å². The Morgan fingerprint density at radius 2 is 1.57 bits per heavy atom. The van der Waals surface area contributed by atoms with Crippen molar-refractivity contribution in [2.45, 2.75) is 53.4 Å². The van der Waals surface area contributed by atoms with E-state index >= 15 is 0 Å². The number of carbonyl (C=O) groups excluding carboxylic acids is 1. The average Bonchev–Trinajstić information content (AvgIpc) is 2.36. The SMILES string of the molecule is CC1(C)C=CC(=CC(=O)O)CC1.CC1(C)C=CC(=O)CC1. The van der Waals surface area contributed by atoms with Crippen LogP contribution in [0.5, 0.6) is 0 Å². The van der Waals surface area contributed by atoms with Crippen molar-refractivity contribution in [1.82, 2.24) is 0 Å². The molecule has 0 aromatic heterocycles. The van der Waals surface area contributed by atoms with Crippen LogP contribution in [-0.4, -0.2) is 16.9 Å². The minimum atomic E-state index is -0.852. The Kier molecular flexibility index (Phi) is 5.70. The topological polar surface area (TPSA) is 54.4 Å². The standard InChI is InChI=1S/C10H14O2.C8H12O/c1-10(2)5-3-8(4-6-10)7-9(11)12;1-8(2)5-3-7(9)4-6-8/h3,5,7H,4,6H2,1-2H3,(H,11,12);3,5H,4,6H2,1-2H3. The molecule has 0 saturated heterocycles. The van der Waals surface area contributed by atoms with E-state index in [9.17, 15) is 9.59 Å². The van der Waals surface area contributed by atoms with Crippen molar-refractivity contribution < 1.29 is 14.7 Å². The molecule has 0 amide bonds. The molecule has 2 aliphatic carbocycles. The highest BCUT2D eigenvalue weighted by atomic mass is 16.4. The first-order valence-corrected chi connectivity index (χ1v) is 7.44. The van der Waals surface area contributed by atoms with Gasteiger partial charge in [-0.3, -0.25) is 4.79 Å². The van der Waals surface area contributed by atoms with E-state index in [1.165, 1.54) is 6.08 Å². The average molecular weight is 290 g/mol. The van der Waals surface area contributed by atoms with E-state index in [2.05, 4.69) is 33.8 Å². The lowest BCUT2D eigenvalue weighted by atomic mass is 9.81. The fourth-order valence-electron chi connectivity index (χ4n) is 2.18. The molecule has 0 bridgehead atoms. The Balaban J connectivity index is 0.000000219. The van der Waals surface area contributed by atoms with Crippen molar-refractivity contribution in [3.63, 3.8) is 0 Å². The smallest absolute Gasteiger partial charge is 0.328 e. The van der Waals surface area contributed by atoms with Gasteiger partial charge in [0.05, 0.1) is 0 Å². The van der Waals surface area contributed by atoms with Gasteiger partial charge in [-0.2, -0.15) is 0 Å². The largest absolute Gasteiger partial charge is 0.478 e. The number of hydrogen-bond donors (Lipinski definition) is 1. The van der Waals surface area contributed by atoms with E-state index in [0.29, 0.717) is 0 Å². The molecule has 2 aliphatic rings. The summed E-state index contributed by atoms with van der Waals surface area (Å²) in [7, 11) is 0. The van der Waals surface area contributed by atoms with Crippen LogP contribution in [0.1, 0.15) is 53.4 Å². The van der Waals surface area contributed by atoms with Gasteiger partial charge in [0, 0.05) is 12.5 Å². The number of carbonyl (C=O) groups is 2. The highest BCUT2D eigenvalue weighted by Crippen LogP contribution is 2.31. The number of carboxylic acids is 1.